The summed E-state index contributed by atoms with van der Waals surface area (Å²) in [5.41, 5.74) is 1.06. The molecule has 1 fully saturated rings. The number of nitrogens with one attached hydrogen (secondary N) is 1. The Hall–Kier alpha value is -1.36. The molecule has 106 valence electrons. The summed E-state index contributed by atoms with van der Waals surface area (Å²) in [6.45, 7) is 9.47. The van der Waals surface area contributed by atoms with E-state index in [0.717, 1.165) is 37.6 Å². The van der Waals surface area contributed by atoms with Crippen LogP contribution in [0.15, 0.2) is 6.33 Å². The summed E-state index contributed by atoms with van der Waals surface area (Å²) in [6, 6.07) is 0. The Labute approximate surface area is 114 Å². The van der Waals surface area contributed by atoms with E-state index in [-0.39, 0.29) is 0 Å². The Bertz CT molecular complexity index is 404. The van der Waals surface area contributed by atoms with Crippen LogP contribution < -0.4 is 10.1 Å². The zero-order valence-electron chi connectivity index (χ0n) is 12.0. The minimum absolute atomic E-state index is 0.324. The van der Waals surface area contributed by atoms with Gasteiger partial charge < -0.3 is 14.8 Å². The molecule has 1 saturated heterocycles. The Morgan fingerprint density at radius 2 is 2.32 bits per heavy atom. The molecule has 0 radical (unpaired) electrons. The first kappa shape index (κ1) is 14.1. The smallest absolute Gasteiger partial charge is 0.222 e. The van der Waals surface area contributed by atoms with Crippen molar-refractivity contribution in [2.45, 2.75) is 33.1 Å². The van der Waals surface area contributed by atoms with Gasteiger partial charge in [0, 0.05) is 19.1 Å². The average Bonchev–Trinajstić information content (AvgIpc) is 2.89. The number of hydrogen-bond acceptors (Lipinski definition) is 5. The highest BCUT2D eigenvalue weighted by molar-refractivity contribution is 5.50. The number of nitrogens with zero attached hydrogens (tertiary/aromatic N) is 2. The largest absolute Gasteiger partial charge is 0.477 e. The molecule has 5 heteroatoms. The lowest BCUT2D eigenvalue weighted by Gasteiger charge is -2.17. The van der Waals surface area contributed by atoms with Crippen LogP contribution >= 0.6 is 0 Å². The molecule has 2 rings (SSSR count). The van der Waals surface area contributed by atoms with Gasteiger partial charge in [0.2, 0.25) is 5.88 Å². The quantitative estimate of drug-likeness (QED) is 0.856. The normalized spacial score (nSPS) is 18.8. The van der Waals surface area contributed by atoms with E-state index in [1.807, 2.05) is 0 Å². The number of aromatic nitrogens is 2. The molecule has 0 bridgehead atoms. The van der Waals surface area contributed by atoms with E-state index >= 15 is 0 Å². The average molecular weight is 265 g/mol. The zero-order chi connectivity index (χ0) is 13.7. The summed E-state index contributed by atoms with van der Waals surface area (Å²) >= 11 is 0. The number of hydrogen-bond donors (Lipinski definition) is 1. The maximum Gasteiger partial charge on any atom is 0.222 e. The van der Waals surface area contributed by atoms with Crippen LogP contribution in [-0.2, 0) is 4.74 Å². The molecule has 0 amide bonds. The van der Waals surface area contributed by atoms with Gasteiger partial charge in [-0.05, 0) is 19.3 Å². The molecule has 0 aromatic carbocycles. The molecule has 0 saturated carbocycles. The third kappa shape index (κ3) is 3.56. The van der Waals surface area contributed by atoms with E-state index < -0.39 is 0 Å². The topological polar surface area (TPSA) is 56.3 Å². The summed E-state index contributed by atoms with van der Waals surface area (Å²) < 4.78 is 11.3. The van der Waals surface area contributed by atoms with E-state index in [4.69, 9.17) is 9.47 Å². The Balaban J connectivity index is 2.11. The first-order valence-electron chi connectivity index (χ1n) is 7.01. The maximum absolute atomic E-state index is 5.90. The number of ether oxygens (including phenoxy) is 2. The second kappa shape index (κ2) is 6.70. The lowest BCUT2D eigenvalue weighted by atomic mass is 10.1. The monoisotopic (exact) mass is 265 g/mol. The van der Waals surface area contributed by atoms with E-state index in [1.54, 1.807) is 6.33 Å². The van der Waals surface area contributed by atoms with Crippen molar-refractivity contribution in [2.24, 2.45) is 5.92 Å². The van der Waals surface area contributed by atoms with Gasteiger partial charge in [-0.15, -0.1) is 0 Å². The van der Waals surface area contributed by atoms with Gasteiger partial charge in [-0.25, -0.2) is 9.97 Å². The van der Waals surface area contributed by atoms with Crippen LogP contribution in [0.25, 0.3) is 0 Å². The molecule has 1 N–H and O–H groups in total. The van der Waals surface area contributed by atoms with Crippen molar-refractivity contribution in [3.05, 3.63) is 11.9 Å². The van der Waals surface area contributed by atoms with Crippen molar-refractivity contribution >= 4 is 5.82 Å². The van der Waals surface area contributed by atoms with Crippen LogP contribution in [0.1, 0.15) is 38.7 Å². The molecule has 0 aliphatic carbocycles. The summed E-state index contributed by atoms with van der Waals surface area (Å²) in [7, 11) is 0. The molecule has 0 spiro atoms. The van der Waals surface area contributed by atoms with Gasteiger partial charge in [0.25, 0.3) is 0 Å². The first-order chi connectivity index (χ1) is 9.22. The predicted molar refractivity (Wildman–Crippen MR) is 74.7 cm³/mol. The van der Waals surface area contributed by atoms with Gasteiger partial charge in [0.15, 0.2) is 0 Å². The Morgan fingerprint density at radius 1 is 1.47 bits per heavy atom. The van der Waals surface area contributed by atoms with Gasteiger partial charge in [0.1, 0.15) is 12.1 Å². The van der Waals surface area contributed by atoms with Crippen LogP contribution in [0.4, 0.5) is 5.82 Å². The number of anilines is 1. The number of rotatable bonds is 6. The zero-order valence-corrected chi connectivity index (χ0v) is 12.0. The van der Waals surface area contributed by atoms with Crippen LogP contribution in [-0.4, -0.2) is 36.3 Å². The van der Waals surface area contributed by atoms with Gasteiger partial charge >= 0.3 is 0 Å². The fourth-order valence-electron chi connectivity index (χ4n) is 2.23. The van der Waals surface area contributed by atoms with Crippen molar-refractivity contribution in [1.82, 2.24) is 9.97 Å². The fraction of sp³-hybridized carbons (Fsp3) is 0.714. The fourth-order valence-corrected chi connectivity index (χ4v) is 2.23. The molecule has 2 heterocycles. The highest BCUT2D eigenvalue weighted by Gasteiger charge is 2.20. The van der Waals surface area contributed by atoms with Crippen LogP contribution in [0.3, 0.4) is 0 Å². The van der Waals surface area contributed by atoms with Crippen LogP contribution in [0.5, 0.6) is 5.88 Å². The van der Waals surface area contributed by atoms with Crippen molar-refractivity contribution in [2.75, 3.05) is 31.7 Å². The summed E-state index contributed by atoms with van der Waals surface area (Å²) in [6.07, 6.45) is 2.63. The second-order valence-corrected chi connectivity index (χ2v) is 5.17. The van der Waals surface area contributed by atoms with Crippen LogP contribution in [0, 0.1) is 5.92 Å². The Morgan fingerprint density at radius 3 is 2.95 bits per heavy atom. The highest BCUT2D eigenvalue weighted by atomic mass is 16.5. The molecule has 1 atom stereocenters. The predicted octanol–water partition coefficient (Wildman–Crippen LogP) is 2.45. The lowest BCUT2D eigenvalue weighted by Crippen LogP contribution is -2.15. The summed E-state index contributed by atoms with van der Waals surface area (Å²) in [5.74, 6) is 2.39. The molecule has 1 aliphatic heterocycles. The van der Waals surface area contributed by atoms with Gasteiger partial charge in [-0.2, -0.15) is 0 Å². The minimum atomic E-state index is 0.324. The third-order valence-corrected chi connectivity index (χ3v) is 3.25. The first-order valence-corrected chi connectivity index (χ1v) is 7.01. The molecule has 5 nitrogen and oxygen atoms in total. The molecule has 1 aliphatic rings. The molecule has 19 heavy (non-hydrogen) atoms. The van der Waals surface area contributed by atoms with Crippen molar-refractivity contribution in [3.8, 4) is 5.88 Å². The maximum atomic E-state index is 5.90. The minimum Gasteiger partial charge on any atom is -0.477 e. The highest BCUT2D eigenvalue weighted by Crippen LogP contribution is 2.30. The van der Waals surface area contributed by atoms with E-state index in [0.29, 0.717) is 24.3 Å². The molecule has 1 aromatic heterocycles. The van der Waals surface area contributed by atoms with E-state index in [2.05, 4.69) is 36.1 Å². The van der Waals surface area contributed by atoms with Crippen molar-refractivity contribution in [1.29, 1.82) is 0 Å². The van der Waals surface area contributed by atoms with Gasteiger partial charge in [-0.3, -0.25) is 0 Å². The molecular formula is C14H23N3O2. The lowest BCUT2D eigenvalue weighted by molar-refractivity contribution is 0.165. The Kier molecular flexibility index (Phi) is 4.96. The van der Waals surface area contributed by atoms with Crippen LogP contribution in [0.2, 0.25) is 0 Å². The van der Waals surface area contributed by atoms with E-state index in [9.17, 15) is 0 Å². The molecule has 1 aromatic rings. The van der Waals surface area contributed by atoms with Gasteiger partial charge in [-0.1, -0.05) is 13.8 Å². The summed E-state index contributed by atoms with van der Waals surface area (Å²) in [5, 5.41) is 3.27. The summed E-state index contributed by atoms with van der Waals surface area (Å²) in [4.78, 5) is 8.59. The van der Waals surface area contributed by atoms with Crippen molar-refractivity contribution < 1.29 is 9.47 Å². The van der Waals surface area contributed by atoms with Gasteiger partial charge in [0.05, 0.1) is 18.8 Å². The standard InChI is InChI=1S/C14H23N3O2/c1-4-15-13-12(10(2)3)14(17-9-16-13)19-8-11-5-6-18-7-11/h9-11H,4-8H2,1-3H3,(H,15,16,17). The van der Waals surface area contributed by atoms with E-state index in [1.165, 1.54) is 0 Å². The molecule has 1 unspecified atom stereocenters. The second-order valence-electron chi connectivity index (χ2n) is 5.17. The molecular weight excluding hydrogens is 242 g/mol. The third-order valence-electron chi connectivity index (χ3n) is 3.25. The van der Waals surface area contributed by atoms with Crippen molar-refractivity contribution in [3.63, 3.8) is 0 Å². The SMILES string of the molecule is CCNc1ncnc(OCC2CCOC2)c1C(C)C.